The Bertz CT molecular complexity index is 1210. The molecule has 9 heteroatoms. The van der Waals surface area contributed by atoms with Crippen LogP contribution in [0.2, 0.25) is 5.02 Å². The second kappa shape index (κ2) is 9.42. The lowest BCUT2D eigenvalue weighted by Crippen LogP contribution is -2.18. The minimum Gasteiger partial charge on any atom is -0.422 e. The first kappa shape index (κ1) is 22.0. The summed E-state index contributed by atoms with van der Waals surface area (Å²) in [6, 6.07) is 17.6. The number of carbonyl (C=O) groups is 1. The van der Waals surface area contributed by atoms with Crippen LogP contribution in [0.1, 0.15) is 21.5 Å². The van der Waals surface area contributed by atoms with E-state index in [2.05, 4.69) is 25.9 Å². The Labute approximate surface area is 187 Å². The van der Waals surface area contributed by atoms with E-state index in [0.29, 0.717) is 20.6 Å². The lowest BCUT2D eigenvalue weighted by atomic mass is 10.1. The van der Waals surface area contributed by atoms with Gasteiger partial charge in [-0.3, -0.25) is 0 Å². The van der Waals surface area contributed by atoms with Gasteiger partial charge in [0.1, 0.15) is 5.75 Å². The van der Waals surface area contributed by atoms with Crippen molar-refractivity contribution in [2.45, 2.75) is 11.8 Å². The highest BCUT2D eigenvalue weighted by atomic mass is 79.9. The summed E-state index contributed by atoms with van der Waals surface area (Å²) in [4.78, 5) is 14.6. The number of rotatable bonds is 6. The van der Waals surface area contributed by atoms with E-state index in [1.807, 2.05) is 13.0 Å². The second-order valence-corrected chi connectivity index (χ2v) is 9.26. The summed E-state index contributed by atoms with van der Waals surface area (Å²) in [5.74, 6) is -0.295. The van der Waals surface area contributed by atoms with Gasteiger partial charge in [0.25, 0.3) is 10.0 Å². The predicted molar refractivity (Wildman–Crippen MR) is 120 cm³/mol. The normalized spacial score (nSPS) is 11.4. The summed E-state index contributed by atoms with van der Waals surface area (Å²) in [5, 5.41) is 4.22. The molecule has 1 N–H and O–H groups in total. The summed E-state index contributed by atoms with van der Waals surface area (Å²) >= 11 is 9.12. The molecular weight excluding hydrogens is 492 g/mol. The molecule has 0 atom stereocenters. The number of hydrogen-bond acceptors (Lipinski definition) is 5. The SMILES string of the molecule is Cc1cccc(C(=O)Oc2ccc(Br)cc2/C=N\NS(=O)(=O)c2ccc(Cl)cc2)c1. The quantitative estimate of drug-likeness (QED) is 0.222. The molecule has 154 valence electrons. The molecule has 6 nitrogen and oxygen atoms in total. The molecule has 0 saturated heterocycles. The number of hydrogen-bond donors (Lipinski definition) is 1. The monoisotopic (exact) mass is 506 g/mol. The van der Waals surface area contributed by atoms with Crippen LogP contribution in [0, 0.1) is 6.92 Å². The molecule has 30 heavy (non-hydrogen) atoms. The fraction of sp³-hybridized carbons (Fsp3) is 0.0476. The number of benzene rings is 3. The van der Waals surface area contributed by atoms with E-state index in [1.165, 1.54) is 30.5 Å². The zero-order chi connectivity index (χ0) is 21.7. The number of ether oxygens (including phenoxy) is 1. The Balaban J connectivity index is 1.79. The number of carbonyl (C=O) groups excluding carboxylic acids is 1. The Morgan fingerprint density at radius 3 is 2.53 bits per heavy atom. The maximum absolute atomic E-state index is 12.4. The number of aryl methyl sites for hydroxylation is 1. The topological polar surface area (TPSA) is 84.8 Å². The third-order valence-corrected chi connectivity index (χ3v) is 5.91. The zero-order valence-corrected chi connectivity index (χ0v) is 18.8. The number of esters is 1. The van der Waals surface area contributed by atoms with Crippen molar-refractivity contribution in [3.63, 3.8) is 0 Å². The fourth-order valence-electron chi connectivity index (χ4n) is 2.48. The van der Waals surface area contributed by atoms with Crippen LogP contribution in [0.25, 0.3) is 0 Å². The maximum Gasteiger partial charge on any atom is 0.343 e. The lowest BCUT2D eigenvalue weighted by Gasteiger charge is -2.09. The van der Waals surface area contributed by atoms with Crippen LogP contribution in [0.5, 0.6) is 5.75 Å². The zero-order valence-electron chi connectivity index (χ0n) is 15.7. The largest absolute Gasteiger partial charge is 0.422 e. The van der Waals surface area contributed by atoms with Crippen molar-refractivity contribution >= 4 is 49.7 Å². The summed E-state index contributed by atoms with van der Waals surface area (Å²) in [7, 11) is -3.87. The second-order valence-electron chi connectivity index (χ2n) is 6.25. The standard InChI is InChI=1S/C21H16BrClN2O4S/c1-14-3-2-4-15(11-14)21(26)29-20-10-5-17(22)12-16(20)13-24-25-30(27,28)19-8-6-18(23)7-9-19/h2-13,25H,1H3/b24-13-. The smallest absolute Gasteiger partial charge is 0.343 e. The van der Waals surface area contributed by atoms with E-state index in [-0.39, 0.29) is 10.6 Å². The summed E-state index contributed by atoms with van der Waals surface area (Å²) in [6.45, 7) is 1.88. The fourth-order valence-corrected chi connectivity index (χ4v) is 3.77. The van der Waals surface area contributed by atoms with Crippen LogP contribution >= 0.6 is 27.5 Å². The first-order valence-corrected chi connectivity index (χ1v) is 11.3. The van der Waals surface area contributed by atoms with Crippen LogP contribution in [-0.2, 0) is 10.0 Å². The summed E-state index contributed by atoms with van der Waals surface area (Å²) in [5.41, 5.74) is 1.74. The average molecular weight is 508 g/mol. The third kappa shape index (κ3) is 5.69. The van der Waals surface area contributed by atoms with Gasteiger partial charge in [-0.15, -0.1) is 0 Å². The first-order valence-electron chi connectivity index (χ1n) is 8.63. The number of nitrogens with one attached hydrogen (secondary N) is 1. The molecule has 0 amide bonds. The van der Waals surface area contributed by atoms with Crippen LogP contribution in [0.3, 0.4) is 0 Å². The molecule has 0 fully saturated rings. The Morgan fingerprint density at radius 1 is 1.10 bits per heavy atom. The lowest BCUT2D eigenvalue weighted by molar-refractivity contribution is 0.0734. The Morgan fingerprint density at radius 2 is 1.83 bits per heavy atom. The van der Waals surface area contributed by atoms with E-state index >= 15 is 0 Å². The van der Waals surface area contributed by atoms with Crippen LogP contribution < -0.4 is 9.57 Å². The van der Waals surface area contributed by atoms with Gasteiger partial charge >= 0.3 is 5.97 Å². The van der Waals surface area contributed by atoms with Gasteiger partial charge in [0, 0.05) is 15.1 Å². The van der Waals surface area contributed by atoms with Gasteiger partial charge in [0.05, 0.1) is 16.7 Å². The van der Waals surface area contributed by atoms with Gasteiger partial charge < -0.3 is 4.74 Å². The van der Waals surface area contributed by atoms with Crippen molar-refractivity contribution in [2.75, 3.05) is 0 Å². The van der Waals surface area contributed by atoms with Gasteiger partial charge in [-0.1, -0.05) is 45.2 Å². The maximum atomic E-state index is 12.4. The highest BCUT2D eigenvalue weighted by Crippen LogP contribution is 2.23. The summed E-state index contributed by atoms with van der Waals surface area (Å²) in [6.07, 6.45) is 1.26. The first-order chi connectivity index (χ1) is 14.2. The van der Waals surface area contributed by atoms with Crippen molar-refractivity contribution in [1.82, 2.24) is 4.83 Å². The van der Waals surface area contributed by atoms with E-state index < -0.39 is 16.0 Å². The number of sulfonamides is 1. The van der Waals surface area contributed by atoms with E-state index in [9.17, 15) is 13.2 Å². The van der Waals surface area contributed by atoms with E-state index in [4.69, 9.17) is 16.3 Å². The Kier molecular flexibility index (Phi) is 6.91. The van der Waals surface area contributed by atoms with Crippen molar-refractivity contribution in [1.29, 1.82) is 0 Å². The molecule has 3 aromatic carbocycles. The molecule has 0 aliphatic rings. The number of halogens is 2. The minimum absolute atomic E-state index is 0.0180. The molecule has 0 aliphatic heterocycles. The van der Waals surface area contributed by atoms with Crippen LogP contribution in [0.4, 0.5) is 0 Å². The van der Waals surface area contributed by atoms with Gasteiger partial charge in [0.15, 0.2) is 0 Å². The molecule has 3 aromatic rings. The van der Waals surface area contributed by atoms with Crippen molar-refractivity contribution in [3.8, 4) is 5.75 Å². The van der Waals surface area contributed by atoms with E-state index in [0.717, 1.165) is 5.56 Å². The van der Waals surface area contributed by atoms with Crippen molar-refractivity contribution in [3.05, 3.63) is 92.9 Å². The molecule has 0 saturated carbocycles. The predicted octanol–water partition coefficient (Wildman–Crippen LogP) is 4.94. The molecule has 0 radical (unpaired) electrons. The molecule has 0 aromatic heterocycles. The highest BCUT2D eigenvalue weighted by Gasteiger charge is 2.14. The number of nitrogens with zero attached hydrogens (tertiary/aromatic N) is 1. The van der Waals surface area contributed by atoms with E-state index in [1.54, 1.807) is 36.4 Å². The molecule has 0 unspecified atom stereocenters. The van der Waals surface area contributed by atoms with Crippen LogP contribution in [-0.4, -0.2) is 20.6 Å². The summed E-state index contributed by atoms with van der Waals surface area (Å²) < 4.78 is 30.8. The molecule has 0 aliphatic carbocycles. The van der Waals surface area contributed by atoms with Gasteiger partial charge in [-0.05, 0) is 61.5 Å². The van der Waals surface area contributed by atoms with Crippen LogP contribution in [0.15, 0.2) is 81.2 Å². The van der Waals surface area contributed by atoms with Gasteiger partial charge in [-0.2, -0.15) is 13.5 Å². The third-order valence-electron chi connectivity index (χ3n) is 3.93. The van der Waals surface area contributed by atoms with Crippen molar-refractivity contribution in [2.24, 2.45) is 5.10 Å². The number of hydrazone groups is 1. The molecule has 0 heterocycles. The van der Waals surface area contributed by atoms with Gasteiger partial charge in [-0.25, -0.2) is 9.63 Å². The highest BCUT2D eigenvalue weighted by molar-refractivity contribution is 9.10. The molecular formula is C21H16BrClN2O4S. The molecule has 3 rings (SSSR count). The molecule has 0 bridgehead atoms. The van der Waals surface area contributed by atoms with Crippen molar-refractivity contribution < 1.29 is 17.9 Å². The van der Waals surface area contributed by atoms with Gasteiger partial charge in [0.2, 0.25) is 0 Å². The molecule has 0 spiro atoms. The Hall–Kier alpha value is -2.68. The minimum atomic E-state index is -3.87. The average Bonchev–Trinajstić information content (AvgIpc) is 2.70.